The Labute approximate surface area is 103 Å². The third kappa shape index (κ3) is 2.05. The van der Waals surface area contributed by atoms with Crippen molar-refractivity contribution in [1.29, 1.82) is 0 Å². The van der Waals surface area contributed by atoms with Gasteiger partial charge in [-0.05, 0) is 24.2 Å². The van der Waals surface area contributed by atoms with Crippen molar-refractivity contribution in [2.45, 2.75) is 19.8 Å². The van der Waals surface area contributed by atoms with Crippen molar-refractivity contribution in [2.75, 3.05) is 0 Å². The van der Waals surface area contributed by atoms with Crippen LogP contribution in [-0.4, -0.2) is 25.0 Å². The highest BCUT2D eigenvalue weighted by Gasteiger charge is 2.12. The van der Waals surface area contributed by atoms with Gasteiger partial charge in [-0.2, -0.15) is 10.2 Å². The van der Waals surface area contributed by atoms with Crippen LogP contribution in [0, 0.1) is 4.77 Å². The van der Waals surface area contributed by atoms with E-state index in [9.17, 15) is 4.79 Å². The Hall–Kier alpha value is -1.76. The van der Waals surface area contributed by atoms with E-state index in [-0.39, 0.29) is 11.5 Å². The lowest BCUT2D eigenvalue weighted by atomic mass is 10.1. The van der Waals surface area contributed by atoms with Gasteiger partial charge in [0.15, 0.2) is 10.6 Å². The van der Waals surface area contributed by atoms with Crippen LogP contribution < -0.4 is 5.56 Å². The zero-order valence-electron chi connectivity index (χ0n) is 9.81. The molecular weight excluding hydrogens is 238 g/mol. The van der Waals surface area contributed by atoms with Gasteiger partial charge in [0, 0.05) is 7.05 Å². The highest BCUT2D eigenvalue weighted by atomic mass is 32.1. The standard InChI is InChI=1S/C10H13N5OS/c1-5(2)7-4-6(9(16)13-11-7)8-12-14-10(17)15(8)3/h4-5H,1-3H3,(H,13,16)(H,14,17). The topological polar surface area (TPSA) is 79.4 Å². The molecule has 0 fully saturated rings. The van der Waals surface area contributed by atoms with Gasteiger partial charge in [-0.1, -0.05) is 13.8 Å². The first-order valence-corrected chi connectivity index (χ1v) is 5.63. The number of hydrogen-bond acceptors (Lipinski definition) is 4. The highest BCUT2D eigenvalue weighted by molar-refractivity contribution is 7.71. The van der Waals surface area contributed by atoms with E-state index in [1.807, 2.05) is 13.8 Å². The van der Waals surface area contributed by atoms with Crippen molar-refractivity contribution in [3.05, 3.63) is 26.9 Å². The zero-order chi connectivity index (χ0) is 12.6. The Morgan fingerprint density at radius 3 is 2.59 bits per heavy atom. The molecule has 0 spiro atoms. The van der Waals surface area contributed by atoms with Gasteiger partial charge in [0.25, 0.3) is 5.56 Å². The van der Waals surface area contributed by atoms with E-state index in [0.29, 0.717) is 16.2 Å². The van der Waals surface area contributed by atoms with Crippen molar-refractivity contribution < 1.29 is 0 Å². The van der Waals surface area contributed by atoms with Crippen LogP contribution in [0.5, 0.6) is 0 Å². The van der Waals surface area contributed by atoms with Crippen LogP contribution in [0.1, 0.15) is 25.5 Å². The van der Waals surface area contributed by atoms with E-state index in [0.717, 1.165) is 5.69 Å². The van der Waals surface area contributed by atoms with Gasteiger partial charge in [0.05, 0.1) is 11.3 Å². The summed E-state index contributed by atoms with van der Waals surface area (Å²) < 4.78 is 2.13. The van der Waals surface area contributed by atoms with Crippen LogP contribution in [0.15, 0.2) is 10.9 Å². The summed E-state index contributed by atoms with van der Waals surface area (Å²) in [6.07, 6.45) is 0. The molecule has 0 bridgehead atoms. The monoisotopic (exact) mass is 251 g/mol. The van der Waals surface area contributed by atoms with Crippen molar-refractivity contribution in [3.63, 3.8) is 0 Å². The Morgan fingerprint density at radius 2 is 2.06 bits per heavy atom. The molecule has 0 saturated heterocycles. The lowest BCUT2D eigenvalue weighted by Gasteiger charge is -2.05. The molecule has 90 valence electrons. The first-order chi connectivity index (χ1) is 8.00. The summed E-state index contributed by atoms with van der Waals surface area (Å²) in [4.78, 5) is 11.7. The molecule has 0 saturated carbocycles. The number of nitrogens with one attached hydrogen (secondary N) is 2. The number of aromatic amines is 2. The predicted octanol–water partition coefficient (Wildman–Crippen LogP) is 1.35. The van der Waals surface area contributed by atoms with Crippen LogP contribution >= 0.6 is 12.2 Å². The van der Waals surface area contributed by atoms with E-state index >= 15 is 0 Å². The number of aromatic nitrogens is 5. The first-order valence-electron chi connectivity index (χ1n) is 5.22. The smallest absolute Gasteiger partial charge is 0.275 e. The molecule has 2 aromatic heterocycles. The minimum Gasteiger partial charge on any atom is -0.303 e. The molecule has 0 unspecified atom stereocenters. The van der Waals surface area contributed by atoms with Crippen LogP contribution in [0.2, 0.25) is 0 Å². The zero-order valence-corrected chi connectivity index (χ0v) is 10.6. The summed E-state index contributed by atoms with van der Waals surface area (Å²) in [5, 5.41) is 13.2. The van der Waals surface area contributed by atoms with Gasteiger partial charge in [-0.15, -0.1) is 0 Å². The molecule has 0 aliphatic rings. The summed E-state index contributed by atoms with van der Waals surface area (Å²) >= 11 is 5.02. The molecule has 6 nitrogen and oxygen atoms in total. The number of rotatable bonds is 2. The number of H-pyrrole nitrogens is 2. The van der Waals surface area contributed by atoms with E-state index in [4.69, 9.17) is 12.2 Å². The predicted molar refractivity (Wildman–Crippen MR) is 66.3 cm³/mol. The molecule has 0 aromatic carbocycles. The largest absolute Gasteiger partial charge is 0.303 e. The summed E-state index contributed by atoms with van der Waals surface area (Å²) in [7, 11) is 1.76. The molecule has 2 heterocycles. The van der Waals surface area contributed by atoms with Gasteiger partial charge in [0.1, 0.15) is 0 Å². The average molecular weight is 251 g/mol. The van der Waals surface area contributed by atoms with E-state index in [2.05, 4.69) is 20.4 Å². The molecule has 2 rings (SSSR count). The maximum Gasteiger partial charge on any atom is 0.275 e. The third-order valence-electron chi connectivity index (χ3n) is 2.54. The fraction of sp³-hybridized carbons (Fsp3) is 0.400. The fourth-order valence-corrected chi connectivity index (χ4v) is 1.60. The van der Waals surface area contributed by atoms with Crippen molar-refractivity contribution in [3.8, 4) is 11.4 Å². The Morgan fingerprint density at radius 1 is 1.35 bits per heavy atom. The maximum absolute atomic E-state index is 11.7. The second-order valence-corrected chi connectivity index (χ2v) is 4.49. The van der Waals surface area contributed by atoms with Crippen LogP contribution in [0.4, 0.5) is 0 Å². The average Bonchev–Trinajstić information content (AvgIpc) is 2.60. The van der Waals surface area contributed by atoms with E-state index in [1.165, 1.54) is 0 Å². The second-order valence-electron chi connectivity index (χ2n) is 4.10. The van der Waals surface area contributed by atoms with Crippen molar-refractivity contribution in [2.24, 2.45) is 7.05 Å². The summed E-state index contributed by atoms with van der Waals surface area (Å²) in [6.45, 7) is 4.01. The molecule has 2 aromatic rings. The van der Waals surface area contributed by atoms with Gasteiger partial charge >= 0.3 is 0 Å². The highest BCUT2D eigenvalue weighted by Crippen LogP contribution is 2.16. The molecule has 0 aliphatic carbocycles. The van der Waals surface area contributed by atoms with Crippen LogP contribution in [-0.2, 0) is 7.05 Å². The summed E-state index contributed by atoms with van der Waals surface area (Å²) in [5.41, 5.74) is 1.01. The van der Waals surface area contributed by atoms with Crippen LogP contribution in [0.3, 0.4) is 0 Å². The first kappa shape index (κ1) is 11.7. The molecular formula is C10H13N5OS. The minimum atomic E-state index is -0.272. The molecule has 0 aliphatic heterocycles. The normalized spacial score (nSPS) is 11.1. The molecule has 0 radical (unpaired) electrons. The van der Waals surface area contributed by atoms with E-state index in [1.54, 1.807) is 17.7 Å². The van der Waals surface area contributed by atoms with Gasteiger partial charge in [-0.3, -0.25) is 9.89 Å². The van der Waals surface area contributed by atoms with Crippen molar-refractivity contribution in [1.82, 2.24) is 25.0 Å². The lowest BCUT2D eigenvalue weighted by Crippen LogP contribution is -2.15. The Kier molecular flexibility index (Phi) is 2.93. The lowest BCUT2D eigenvalue weighted by molar-refractivity contribution is 0.776. The Bertz CT molecular complexity index is 651. The molecule has 0 atom stereocenters. The van der Waals surface area contributed by atoms with Gasteiger partial charge in [-0.25, -0.2) is 5.10 Å². The molecule has 7 heteroatoms. The molecule has 17 heavy (non-hydrogen) atoms. The van der Waals surface area contributed by atoms with Gasteiger partial charge < -0.3 is 4.57 Å². The van der Waals surface area contributed by atoms with Crippen LogP contribution in [0.25, 0.3) is 11.4 Å². The SMILES string of the molecule is CC(C)c1cc(-c2n[nH]c(=S)n2C)c(=O)[nH]n1. The van der Waals surface area contributed by atoms with Crippen molar-refractivity contribution >= 4 is 12.2 Å². The quantitative estimate of drug-likeness (QED) is 0.790. The number of nitrogens with zero attached hydrogens (tertiary/aromatic N) is 3. The van der Waals surface area contributed by atoms with Gasteiger partial charge in [0.2, 0.25) is 0 Å². The third-order valence-corrected chi connectivity index (χ3v) is 2.90. The summed E-state index contributed by atoms with van der Waals surface area (Å²) in [6, 6.07) is 1.74. The number of hydrogen-bond donors (Lipinski definition) is 2. The maximum atomic E-state index is 11.7. The fourth-order valence-electron chi connectivity index (χ4n) is 1.47. The summed E-state index contributed by atoms with van der Waals surface area (Å²) in [5.74, 6) is 0.748. The minimum absolute atomic E-state index is 0.234. The Balaban J connectivity index is 2.67. The molecule has 2 N–H and O–H groups in total. The molecule has 0 amide bonds. The van der Waals surface area contributed by atoms with E-state index < -0.39 is 0 Å². The second kappa shape index (κ2) is 4.25.